The van der Waals surface area contributed by atoms with Crippen LogP contribution in [-0.2, 0) is 11.2 Å². The molecule has 1 saturated heterocycles. The van der Waals surface area contributed by atoms with Crippen LogP contribution < -0.4 is 10.2 Å². The van der Waals surface area contributed by atoms with Crippen molar-refractivity contribution in [3.63, 3.8) is 0 Å². The molecule has 1 aromatic carbocycles. The fraction of sp³-hybridized carbons (Fsp3) is 0.238. The second kappa shape index (κ2) is 8.64. The lowest BCUT2D eigenvalue weighted by Crippen LogP contribution is -2.49. The van der Waals surface area contributed by atoms with Gasteiger partial charge in [-0.15, -0.1) is 0 Å². The highest BCUT2D eigenvalue weighted by molar-refractivity contribution is 5.79. The van der Waals surface area contributed by atoms with Gasteiger partial charge in [-0.25, -0.2) is 19.3 Å². The predicted octanol–water partition coefficient (Wildman–Crippen LogP) is 2.65. The third-order valence-electron chi connectivity index (χ3n) is 4.80. The molecule has 1 aliphatic rings. The maximum absolute atomic E-state index is 13.0. The Morgan fingerprint density at radius 1 is 0.966 bits per heavy atom. The van der Waals surface area contributed by atoms with Crippen LogP contribution in [-0.4, -0.2) is 51.9 Å². The van der Waals surface area contributed by atoms with Crippen LogP contribution in [0.4, 0.5) is 21.8 Å². The molecule has 0 atom stereocenters. The molecule has 8 heteroatoms. The van der Waals surface area contributed by atoms with Crippen molar-refractivity contribution in [2.24, 2.45) is 0 Å². The molecule has 0 spiro atoms. The average Bonchev–Trinajstić information content (AvgIpc) is 2.76. The highest BCUT2D eigenvalue weighted by atomic mass is 19.1. The number of aromatic nitrogens is 3. The number of hydrogen-bond donors (Lipinski definition) is 1. The minimum absolute atomic E-state index is 0.0523. The fourth-order valence-corrected chi connectivity index (χ4v) is 3.23. The highest BCUT2D eigenvalue weighted by Crippen LogP contribution is 2.19. The van der Waals surface area contributed by atoms with Crippen LogP contribution in [0.3, 0.4) is 0 Å². The summed E-state index contributed by atoms with van der Waals surface area (Å²) >= 11 is 0. The second-order valence-corrected chi connectivity index (χ2v) is 6.77. The first-order valence-corrected chi connectivity index (χ1v) is 9.45. The Kier molecular flexibility index (Phi) is 5.60. The molecule has 29 heavy (non-hydrogen) atoms. The normalized spacial score (nSPS) is 14.0. The molecular weight excluding hydrogens is 371 g/mol. The predicted molar refractivity (Wildman–Crippen MR) is 108 cm³/mol. The first-order chi connectivity index (χ1) is 14.2. The molecule has 3 heterocycles. The minimum Gasteiger partial charge on any atom is -0.353 e. The Morgan fingerprint density at radius 3 is 2.48 bits per heavy atom. The van der Waals surface area contributed by atoms with Gasteiger partial charge < -0.3 is 15.1 Å². The number of amides is 1. The first-order valence-electron chi connectivity index (χ1n) is 9.45. The van der Waals surface area contributed by atoms with Crippen LogP contribution in [0.5, 0.6) is 0 Å². The van der Waals surface area contributed by atoms with Gasteiger partial charge in [0.1, 0.15) is 29.6 Å². The van der Waals surface area contributed by atoms with Crippen molar-refractivity contribution < 1.29 is 9.18 Å². The third kappa shape index (κ3) is 4.84. The lowest BCUT2D eigenvalue weighted by molar-refractivity contribution is -0.130. The van der Waals surface area contributed by atoms with E-state index in [1.54, 1.807) is 18.3 Å². The second-order valence-electron chi connectivity index (χ2n) is 6.77. The van der Waals surface area contributed by atoms with Crippen molar-refractivity contribution in [2.45, 2.75) is 6.42 Å². The SMILES string of the molecule is O=C(Cc1ccc(F)cc1)N1CCN(c2cc(Nc3ccccn3)ncn2)CC1. The Bertz CT molecular complexity index is 958. The van der Waals surface area contributed by atoms with Crippen LogP contribution in [0.1, 0.15) is 5.56 Å². The summed E-state index contributed by atoms with van der Waals surface area (Å²) in [6, 6.07) is 13.6. The number of nitrogens with one attached hydrogen (secondary N) is 1. The van der Waals surface area contributed by atoms with Gasteiger partial charge in [0.05, 0.1) is 6.42 Å². The lowest BCUT2D eigenvalue weighted by Gasteiger charge is -2.35. The number of anilines is 3. The topological polar surface area (TPSA) is 74.2 Å². The monoisotopic (exact) mass is 392 g/mol. The molecule has 0 radical (unpaired) electrons. The lowest BCUT2D eigenvalue weighted by atomic mass is 10.1. The van der Waals surface area contributed by atoms with Crippen LogP contribution >= 0.6 is 0 Å². The fourth-order valence-electron chi connectivity index (χ4n) is 3.23. The van der Waals surface area contributed by atoms with E-state index in [0.717, 1.165) is 11.4 Å². The molecule has 4 rings (SSSR count). The summed E-state index contributed by atoms with van der Waals surface area (Å²) in [5.74, 6) is 1.95. The zero-order chi connectivity index (χ0) is 20.1. The summed E-state index contributed by atoms with van der Waals surface area (Å²) in [7, 11) is 0. The van der Waals surface area contributed by atoms with Gasteiger partial charge in [0.25, 0.3) is 0 Å². The van der Waals surface area contributed by atoms with E-state index in [4.69, 9.17) is 0 Å². The third-order valence-corrected chi connectivity index (χ3v) is 4.80. The number of rotatable bonds is 5. The van der Waals surface area contributed by atoms with Gasteiger partial charge in [-0.2, -0.15) is 0 Å². The van der Waals surface area contributed by atoms with E-state index in [9.17, 15) is 9.18 Å². The molecule has 3 aromatic rings. The van der Waals surface area contributed by atoms with Crippen LogP contribution in [0.2, 0.25) is 0 Å². The summed E-state index contributed by atoms with van der Waals surface area (Å²) in [6.07, 6.45) is 3.52. The number of nitrogens with zero attached hydrogens (tertiary/aromatic N) is 5. The summed E-state index contributed by atoms with van der Waals surface area (Å²) in [5.41, 5.74) is 0.819. The molecule has 1 N–H and O–H groups in total. The average molecular weight is 392 g/mol. The van der Waals surface area contributed by atoms with Crippen LogP contribution in [0.25, 0.3) is 0 Å². The Hall–Kier alpha value is -3.55. The molecule has 0 unspecified atom stereocenters. The molecule has 0 aliphatic carbocycles. The Morgan fingerprint density at radius 2 is 1.76 bits per heavy atom. The van der Waals surface area contributed by atoms with Gasteiger partial charge in [0.15, 0.2) is 0 Å². The minimum atomic E-state index is -0.295. The van der Waals surface area contributed by atoms with Crippen LogP contribution in [0.15, 0.2) is 61.1 Å². The van der Waals surface area contributed by atoms with Crippen molar-refractivity contribution in [3.8, 4) is 0 Å². The molecule has 1 fully saturated rings. The first kappa shape index (κ1) is 18.8. The van der Waals surface area contributed by atoms with Crippen molar-refractivity contribution in [2.75, 3.05) is 36.4 Å². The summed E-state index contributed by atoms with van der Waals surface area (Å²) in [5, 5.41) is 3.16. The zero-order valence-corrected chi connectivity index (χ0v) is 15.8. The van der Waals surface area contributed by atoms with E-state index < -0.39 is 0 Å². The van der Waals surface area contributed by atoms with Gasteiger partial charge in [-0.05, 0) is 29.8 Å². The highest BCUT2D eigenvalue weighted by Gasteiger charge is 2.22. The summed E-state index contributed by atoms with van der Waals surface area (Å²) in [4.78, 5) is 29.3. The van der Waals surface area contributed by atoms with Gasteiger partial charge in [0.2, 0.25) is 5.91 Å². The number of piperazine rings is 1. The van der Waals surface area contributed by atoms with Crippen molar-refractivity contribution in [1.82, 2.24) is 19.9 Å². The summed E-state index contributed by atoms with van der Waals surface area (Å²) in [6.45, 7) is 2.62. The number of pyridine rings is 1. The van der Waals surface area contributed by atoms with Gasteiger partial charge in [0, 0.05) is 38.4 Å². The van der Waals surface area contributed by atoms with E-state index in [2.05, 4.69) is 25.2 Å². The van der Waals surface area contributed by atoms with Crippen molar-refractivity contribution in [1.29, 1.82) is 0 Å². The van der Waals surface area contributed by atoms with Gasteiger partial charge in [-0.3, -0.25) is 4.79 Å². The maximum atomic E-state index is 13.0. The van der Waals surface area contributed by atoms with E-state index in [0.29, 0.717) is 37.8 Å². The van der Waals surface area contributed by atoms with Crippen LogP contribution in [0, 0.1) is 5.82 Å². The maximum Gasteiger partial charge on any atom is 0.227 e. The molecule has 2 aromatic heterocycles. The smallest absolute Gasteiger partial charge is 0.227 e. The summed E-state index contributed by atoms with van der Waals surface area (Å²) < 4.78 is 13.0. The number of benzene rings is 1. The van der Waals surface area contributed by atoms with E-state index in [-0.39, 0.29) is 18.1 Å². The van der Waals surface area contributed by atoms with Gasteiger partial charge in [-0.1, -0.05) is 18.2 Å². The number of carbonyl (C=O) groups excluding carboxylic acids is 1. The molecule has 1 aliphatic heterocycles. The number of hydrogen-bond acceptors (Lipinski definition) is 6. The standard InChI is InChI=1S/C21H21FN6O/c22-17-6-4-16(5-7-17)13-21(29)28-11-9-27(10-12-28)20-14-19(24-15-25-20)26-18-3-1-2-8-23-18/h1-8,14-15H,9-13H2,(H,23,24,25,26). The Labute approximate surface area is 168 Å². The van der Waals surface area contributed by atoms with E-state index >= 15 is 0 Å². The van der Waals surface area contributed by atoms with Crippen molar-refractivity contribution in [3.05, 3.63) is 72.4 Å². The molecule has 0 bridgehead atoms. The molecule has 1 amide bonds. The molecule has 148 valence electrons. The number of carbonyl (C=O) groups is 1. The van der Waals surface area contributed by atoms with E-state index in [1.165, 1.54) is 18.5 Å². The van der Waals surface area contributed by atoms with E-state index in [1.807, 2.05) is 29.2 Å². The van der Waals surface area contributed by atoms with Crippen molar-refractivity contribution >= 4 is 23.4 Å². The quantitative estimate of drug-likeness (QED) is 0.720. The molecular formula is C21H21FN6O. The molecule has 7 nitrogen and oxygen atoms in total. The largest absolute Gasteiger partial charge is 0.353 e. The molecule has 0 saturated carbocycles. The zero-order valence-electron chi connectivity index (χ0n) is 15.8. The van der Waals surface area contributed by atoms with Gasteiger partial charge >= 0.3 is 0 Å². The Balaban J connectivity index is 1.34. The number of halogens is 1.